The SMILES string of the molecule is CCS(=O)(=O)Oc1ccc(CN(C(=O)c2cc(Cl)cc(Cl)c2)C(C)C)cc1. The van der Waals surface area contributed by atoms with Crippen LogP contribution in [-0.2, 0) is 16.7 Å². The lowest BCUT2D eigenvalue weighted by molar-refractivity contribution is 0.0690. The van der Waals surface area contributed by atoms with Gasteiger partial charge in [-0.2, -0.15) is 8.42 Å². The van der Waals surface area contributed by atoms with Gasteiger partial charge in [0.25, 0.3) is 5.91 Å². The Balaban J connectivity index is 2.19. The molecule has 0 unspecified atom stereocenters. The van der Waals surface area contributed by atoms with Crippen LogP contribution >= 0.6 is 23.2 Å². The first-order valence-electron chi connectivity index (χ1n) is 8.39. The third-order valence-electron chi connectivity index (χ3n) is 3.85. The molecule has 0 bridgehead atoms. The lowest BCUT2D eigenvalue weighted by Crippen LogP contribution is -2.36. The van der Waals surface area contributed by atoms with E-state index in [-0.39, 0.29) is 23.5 Å². The number of halogens is 2. The molecule has 0 aliphatic heterocycles. The van der Waals surface area contributed by atoms with E-state index in [9.17, 15) is 13.2 Å². The zero-order chi connectivity index (χ0) is 20.2. The number of carbonyl (C=O) groups excluding carboxylic acids is 1. The van der Waals surface area contributed by atoms with Gasteiger partial charge < -0.3 is 9.08 Å². The van der Waals surface area contributed by atoms with Crippen molar-refractivity contribution in [1.29, 1.82) is 0 Å². The van der Waals surface area contributed by atoms with Crippen molar-refractivity contribution >= 4 is 39.2 Å². The van der Waals surface area contributed by atoms with Crippen LogP contribution in [0.5, 0.6) is 5.75 Å². The monoisotopic (exact) mass is 429 g/mol. The Morgan fingerprint density at radius 3 is 2.11 bits per heavy atom. The molecule has 1 amide bonds. The number of hydrogen-bond acceptors (Lipinski definition) is 4. The van der Waals surface area contributed by atoms with E-state index in [2.05, 4.69) is 0 Å². The van der Waals surface area contributed by atoms with Crippen LogP contribution in [-0.4, -0.2) is 31.0 Å². The van der Waals surface area contributed by atoms with Crippen LogP contribution in [0.3, 0.4) is 0 Å². The molecule has 0 aliphatic rings. The topological polar surface area (TPSA) is 63.7 Å². The molecule has 2 aromatic carbocycles. The quantitative estimate of drug-likeness (QED) is 0.594. The predicted molar refractivity (Wildman–Crippen MR) is 108 cm³/mol. The Kier molecular flexibility index (Phi) is 7.14. The van der Waals surface area contributed by atoms with E-state index in [1.54, 1.807) is 47.4 Å². The predicted octanol–water partition coefficient (Wildman–Crippen LogP) is 4.77. The van der Waals surface area contributed by atoms with Gasteiger partial charge in [-0.15, -0.1) is 0 Å². The van der Waals surface area contributed by atoms with Crippen molar-refractivity contribution < 1.29 is 17.4 Å². The first-order valence-corrected chi connectivity index (χ1v) is 10.7. The zero-order valence-electron chi connectivity index (χ0n) is 15.3. The number of carbonyl (C=O) groups is 1. The normalized spacial score (nSPS) is 11.5. The maximum atomic E-state index is 12.9. The molecule has 2 rings (SSSR count). The van der Waals surface area contributed by atoms with Crippen molar-refractivity contribution in [3.8, 4) is 5.75 Å². The van der Waals surface area contributed by atoms with Gasteiger partial charge in [-0.25, -0.2) is 0 Å². The summed E-state index contributed by atoms with van der Waals surface area (Å²) in [5, 5.41) is 0.793. The second-order valence-electron chi connectivity index (χ2n) is 6.26. The second kappa shape index (κ2) is 8.95. The van der Waals surface area contributed by atoms with Crippen molar-refractivity contribution in [3.63, 3.8) is 0 Å². The fraction of sp³-hybridized carbons (Fsp3) is 0.316. The van der Waals surface area contributed by atoms with Crippen LogP contribution in [0.4, 0.5) is 0 Å². The Hall–Kier alpha value is -1.76. The van der Waals surface area contributed by atoms with Crippen LogP contribution in [0, 0.1) is 0 Å². The van der Waals surface area contributed by atoms with E-state index in [0.717, 1.165) is 5.56 Å². The Morgan fingerprint density at radius 1 is 1.07 bits per heavy atom. The van der Waals surface area contributed by atoms with Gasteiger partial charge in [-0.3, -0.25) is 4.79 Å². The molecule has 0 radical (unpaired) electrons. The van der Waals surface area contributed by atoms with E-state index < -0.39 is 10.1 Å². The van der Waals surface area contributed by atoms with Gasteiger partial charge in [0, 0.05) is 28.2 Å². The molecule has 0 saturated heterocycles. The molecule has 146 valence electrons. The average molecular weight is 430 g/mol. The second-order valence-corrected chi connectivity index (χ2v) is 8.99. The van der Waals surface area contributed by atoms with E-state index in [4.69, 9.17) is 27.4 Å². The minimum atomic E-state index is -3.57. The van der Waals surface area contributed by atoms with Crippen LogP contribution < -0.4 is 4.18 Å². The van der Waals surface area contributed by atoms with Gasteiger partial charge in [0.2, 0.25) is 0 Å². The number of rotatable bonds is 7. The standard InChI is InChI=1S/C19H21Cl2NO4S/c1-4-27(24,25)26-18-7-5-14(6-8-18)12-22(13(2)3)19(23)15-9-16(20)11-17(21)10-15/h5-11,13H,4,12H2,1-3H3. The highest BCUT2D eigenvalue weighted by atomic mass is 35.5. The summed E-state index contributed by atoms with van der Waals surface area (Å²) in [4.78, 5) is 14.6. The van der Waals surface area contributed by atoms with Gasteiger partial charge in [0.1, 0.15) is 5.75 Å². The van der Waals surface area contributed by atoms with E-state index >= 15 is 0 Å². The van der Waals surface area contributed by atoms with Gasteiger partial charge in [-0.1, -0.05) is 35.3 Å². The molecule has 2 aromatic rings. The molecule has 0 heterocycles. The summed E-state index contributed by atoms with van der Waals surface area (Å²) in [6, 6.07) is 11.3. The summed E-state index contributed by atoms with van der Waals surface area (Å²) >= 11 is 12.0. The highest BCUT2D eigenvalue weighted by Crippen LogP contribution is 2.22. The summed E-state index contributed by atoms with van der Waals surface area (Å²) in [7, 11) is -3.57. The number of benzene rings is 2. The highest BCUT2D eigenvalue weighted by Gasteiger charge is 2.20. The molecular formula is C19H21Cl2NO4S. The Labute approximate surface area is 170 Å². The van der Waals surface area contributed by atoms with Crippen molar-refractivity contribution in [2.45, 2.75) is 33.4 Å². The maximum Gasteiger partial charge on any atom is 0.308 e. The zero-order valence-corrected chi connectivity index (χ0v) is 17.6. The summed E-state index contributed by atoms with van der Waals surface area (Å²) in [6.07, 6.45) is 0. The first-order chi connectivity index (χ1) is 12.6. The van der Waals surface area contributed by atoms with E-state index in [0.29, 0.717) is 22.2 Å². The fourth-order valence-electron chi connectivity index (χ4n) is 2.38. The molecule has 0 spiro atoms. The molecule has 27 heavy (non-hydrogen) atoms. The Bertz CT molecular complexity index is 892. The summed E-state index contributed by atoms with van der Waals surface area (Å²) in [6.45, 7) is 5.68. The number of hydrogen-bond donors (Lipinski definition) is 0. The summed E-state index contributed by atoms with van der Waals surface area (Å²) in [5.74, 6) is -0.0556. The average Bonchev–Trinajstić information content (AvgIpc) is 2.59. The molecule has 0 N–H and O–H groups in total. The number of amides is 1. The molecule has 0 aromatic heterocycles. The van der Waals surface area contributed by atoms with Crippen molar-refractivity contribution in [2.24, 2.45) is 0 Å². The van der Waals surface area contributed by atoms with Gasteiger partial charge in [0.15, 0.2) is 0 Å². The third kappa shape index (κ3) is 6.13. The number of nitrogens with zero attached hydrogens (tertiary/aromatic N) is 1. The van der Waals surface area contributed by atoms with Crippen molar-refractivity contribution in [2.75, 3.05) is 5.75 Å². The smallest absolute Gasteiger partial charge is 0.308 e. The van der Waals surface area contributed by atoms with Crippen LogP contribution in [0.1, 0.15) is 36.7 Å². The van der Waals surface area contributed by atoms with Crippen LogP contribution in [0.2, 0.25) is 10.0 Å². The van der Waals surface area contributed by atoms with Gasteiger partial charge in [-0.05, 0) is 56.7 Å². The van der Waals surface area contributed by atoms with Crippen LogP contribution in [0.15, 0.2) is 42.5 Å². The minimum absolute atomic E-state index is 0.0633. The fourth-order valence-corrected chi connectivity index (χ4v) is 3.43. The molecule has 8 heteroatoms. The first kappa shape index (κ1) is 21.5. The lowest BCUT2D eigenvalue weighted by Gasteiger charge is -2.27. The lowest BCUT2D eigenvalue weighted by atomic mass is 10.1. The van der Waals surface area contributed by atoms with Crippen LogP contribution in [0.25, 0.3) is 0 Å². The third-order valence-corrected chi connectivity index (χ3v) is 5.44. The van der Waals surface area contributed by atoms with E-state index in [1.807, 2.05) is 13.8 Å². The highest BCUT2D eigenvalue weighted by molar-refractivity contribution is 7.87. The van der Waals surface area contributed by atoms with Gasteiger partial charge in [0.05, 0.1) is 5.75 Å². The largest absolute Gasteiger partial charge is 0.382 e. The molecule has 0 aliphatic carbocycles. The molecular weight excluding hydrogens is 409 g/mol. The molecule has 0 atom stereocenters. The van der Waals surface area contributed by atoms with Gasteiger partial charge >= 0.3 is 10.1 Å². The molecule has 5 nitrogen and oxygen atoms in total. The van der Waals surface area contributed by atoms with Crippen molar-refractivity contribution in [3.05, 3.63) is 63.6 Å². The van der Waals surface area contributed by atoms with E-state index in [1.165, 1.54) is 6.92 Å². The molecule has 0 fully saturated rings. The minimum Gasteiger partial charge on any atom is -0.382 e. The maximum absolute atomic E-state index is 12.9. The van der Waals surface area contributed by atoms with Crippen molar-refractivity contribution in [1.82, 2.24) is 4.90 Å². The summed E-state index contributed by atoms with van der Waals surface area (Å²) < 4.78 is 28.0. The molecule has 0 saturated carbocycles. The summed E-state index contributed by atoms with van der Waals surface area (Å²) in [5.41, 5.74) is 1.25. The Morgan fingerprint density at radius 2 is 1.63 bits per heavy atom.